The van der Waals surface area contributed by atoms with Gasteiger partial charge >= 0.3 is 0 Å². The monoisotopic (exact) mass is 254 g/mol. The van der Waals surface area contributed by atoms with Crippen LogP contribution in [0.2, 0.25) is 5.02 Å². The minimum Gasteiger partial charge on any atom is -0.487 e. The summed E-state index contributed by atoms with van der Waals surface area (Å²) in [6.45, 7) is 8.34. The lowest BCUT2D eigenvalue weighted by Crippen LogP contribution is -2.36. The molecule has 2 nitrogen and oxygen atoms in total. The fraction of sp³-hybridized carbons (Fsp3) is 0.571. The van der Waals surface area contributed by atoms with Crippen LogP contribution in [0.25, 0.3) is 0 Å². The second kappa shape index (κ2) is 4.18. The van der Waals surface area contributed by atoms with E-state index in [0.29, 0.717) is 0 Å². The molecule has 1 atom stereocenters. The Morgan fingerprint density at radius 3 is 2.24 bits per heavy atom. The number of hydrogen-bond acceptors (Lipinski definition) is 2. The number of ether oxygens (including phenoxy) is 2. The maximum atomic E-state index is 6.00. The molecule has 1 aliphatic heterocycles. The first-order chi connectivity index (χ1) is 7.78. The lowest BCUT2D eigenvalue weighted by Gasteiger charge is -2.27. The fourth-order valence-corrected chi connectivity index (χ4v) is 2.50. The van der Waals surface area contributed by atoms with E-state index in [2.05, 4.69) is 27.7 Å². The van der Waals surface area contributed by atoms with Crippen LogP contribution < -0.4 is 4.74 Å². The molecule has 17 heavy (non-hydrogen) atoms. The Bertz CT molecular complexity index is 395. The van der Waals surface area contributed by atoms with Gasteiger partial charge in [0.05, 0.1) is 5.60 Å². The molecule has 1 aromatic rings. The van der Waals surface area contributed by atoms with E-state index < -0.39 is 0 Å². The molecule has 0 bridgehead atoms. The van der Waals surface area contributed by atoms with Crippen LogP contribution in [0.1, 0.15) is 34.1 Å². The number of benzene rings is 1. The van der Waals surface area contributed by atoms with Gasteiger partial charge in [0, 0.05) is 11.4 Å². The molecule has 1 saturated heterocycles. The molecule has 1 aromatic carbocycles. The third-order valence-corrected chi connectivity index (χ3v) is 3.34. The molecule has 0 amide bonds. The summed E-state index contributed by atoms with van der Waals surface area (Å²) in [6, 6.07) is 7.46. The molecule has 0 aliphatic carbocycles. The molecule has 1 unspecified atom stereocenters. The Balaban J connectivity index is 2.11. The summed E-state index contributed by atoms with van der Waals surface area (Å²) in [5, 5.41) is 0.722. The minimum absolute atomic E-state index is 0.0682. The summed E-state index contributed by atoms with van der Waals surface area (Å²) in [6.07, 6.45) is 0.960. The van der Waals surface area contributed by atoms with Gasteiger partial charge in [0.2, 0.25) is 0 Å². The largest absolute Gasteiger partial charge is 0.487 e. The highest BCUT2D eigenvalue weighted by atomic mass is 35.5. The van der Waals surface area contributed by atoms with Crippen molar-refractivity contribution in [1.29, 1.82) is 0 Å². The van der Waals surface area contributed by atoms with Crippen molar-refractivity contribution in [3.63, 3.8) is 0 Å². The van der Waals surface area contributed by atoms with Crippen molar-refractivity contribution < 1.29 is 9.47 Å². The summed E-state index contributed by atoms with van der Waals surface area (Å²) in [4.78, 5) is 0. The summed E-state index contributed by atoms with van der Waals surface area (Å²) >= 11 is 5.85. The molecule has 1 aliphatic rings. The summed E-state index contributed by atoms with van der Waals surface area (Å²) in [5.41, 5.74) is -0.385. The Hall–Kier alpha value is -0.730. The van der Waals surface area contributed by atoms with Crippen molar-refractivity contribution in [2.45, 2.75) is 51.4 Å². The van der Waals surface area contributed by atoms with Gasteiger partial charge in [0.1, 0.15) is 17.5 Å². The Labute approximate surface area is 108 Å². The van der Waals surface area contributed by atoms with Gasteiger partial charge in [-0.25, -0.2) is 0 Å². The average Bonchev–Trinajstić information content (AvgIpc) is 2.38. The Morgan fingerprint density at radius 1 is 1.18 bits per heavy atom. The minimum atomic E-state index is -0.261. The van der Waals surface area contributed by atoms with Crippen LogP contribution in [-0.4, -0.2) is 17.3 Å². The van der Waals surface area contributed by atoms with E-state index in [0.717, 1.165) is 17.2 Å². The van der Waals surface area contributed by atoms with Crippen LogP contribution >= 0.6 is 11.6 Å². The summed E-state index contributed by atoms with van der Waals surface area (Å²) in [7, 11) is 0. The van der Waals surface area contributed by atoms with Crippen molar-refractivity contribution in [2.75, 3.05) is 0 Å². The molecule has 0 radical (unpaired) electrons. The second-order valence-corrected chi connectivity index (χ2v) is 6.17. The number of rotatable bonds is 2. The second-order valence-electron chi connectivity index (χ2n) is 5.73. The van der Waals surface area contributed by atoms with Crippen LogP contribution in [-0.2, 0) is 4.74 Å². The van der Waals surface area contributed by atoms with Crippen LogP contribution in [0.3, 0.4) is 0 Å². The van der Waals surface area contributed by atoms with E-state index in [9.17, 15) is 0 Å². The van der Waals surface area contributed by atoms with E-state index in [1.807, 2.05) is 24.3 Å². The van der Waals surface area contributed by atoms with Crippen molar-refractivity contribution in [3.8, 4) is 5.75 Å². The first kappa shape index (κ1) is 12.7. The maximum absolute atomic E-state index is 6.00. The lowest BCUT2D eigenvalue weighted by molar-refractivity contribution is -0.0846. The van der Waals surface area contributed by atoms with Crippen LogP contribution in [0, 0.1) is 0 Å². The molecular formula is C14H19ClO2. The third-order valence-electron chi connectivity index (χ3n) is 3.08. The summed E-state index contributed by atoms with van der Waals surface area (Å²) < 4.78 is 12.0. The molecule has 2 rings (SSSR count). The smallest absolute Gasteiger partial charge is 0.130 e. The standard InChI is InChI=1S/C14H19ClO2/c1-13(2)9-12(14(3,4)17-13)16-11-7-5-10(15)6-8-11/h5-8,12H,9H2,1-4H3. The average molecular weight is 255 g/mol. The molecule has 0 spiro atoms. The first-order valence-corrected chi connectivity index (χ1v) is 6.29. The van der Waals surface area contributed by atoms with Crippen molar-refractivity contribution in [1.82, 2.24) is 0 Å². The molecular weight excluding hydrogens is 236 g/mol. The zero-order valence-corrected chi connectivity index (χ0v) is 11.5. The van der Waals surface area contributed by atoms with Gasteiger partial charge in [0.15, 0.2) is 0 Å². The maximum Gasteiger partial charge on any atom is 0.130 e. The molecule has 94 valence electrons. The van der Waals surface area contributed by atoms with Crippen LogP contribution in [0.4, 0.5) is 0 Å². The highest BCUT2D eigenvalue weighted by Gasteiger charge is 2.47. The lowest BCUT2D eigenvalue weighted by atomic mass is 9.97. The van der Waals surface area contributed by atoms with Crippen molar-refractivity contribution >= 4 is 11.6 Å². The molecule has 1 heterocycles. The molecule has 0 aromatic heterocycles. The van der Waals surface area contributed by atoms with Crippen LogP contribution in [0.15, 0.2) is 24.3 Å². The molecule has 0 saturated carbocycles. The zero-order chi connectivity index (χ0) is 12.7. The van der Waals surface area contributed by atoms with Crippen molar-refractivity contribution in [3.05, 3.63) is 29.3 Å². The van der Waals surface area contributed by atoms with E-state index in [1.54, 1.807) is 0 Å². The number of halogens is 1. The predicted molar refractivity (Wildman–Crippen MR) is 69.7 cm³/mol. The van der Waals surface area contributed by atoms with E-state index in [1.165, 1.54) is 0 Å². The Kier molecular flexibility index (Phi) is 3.13. The normalized spacial score (nSPS) is 25.8. The molecule has 1 fully saturated rings. The van der Waals surface area contributed by atoms with Crippen LogP contribution in [0.5, 0.6) is 5.75 Å². The van der Waals surface area contributed by atoms with E-state index >= 15 is 0 Å². The van der Waals surface area contributed by atoms with Gasteiger partial charge in [-0.1, -0.05) is 11.6 Å². The topological polar surface area (TPSA) is 18.5 Å². The number of hydrogen-bond donors (Lipinski definition) is 0. The quantitative estimate of drug-likeness (QED) is 0.792. The van der Waals surface area contributed by atoms with E-state index in [-0.39, 0.29) is 17.3 Å². The van der Waals surface area contributed by atoms with Gasteiger partial charge in [-0.3, -0.25) is 0 Å². The van der Waals surface area contributed by atoms with Gasteiger partial charge < -0.3 is 9.47 Å². The van der Waals surface area contributed by atoms with Gasteiger partial charge in [0.25, 0.3) is 0 Å². The molecule has 0 N–H and O–H groups in total. The predicted octanol–water partition coefficient (Wildman–Crippen LogP) is 4.06. The van der Waals surface area contributed by atoms with Gasteiger partial charge in [-0.05, 0) is 52.0 Å². The zero-order valence-electron chi connectivity index (χ0n) is 10.8. The van der Waals surface area contributed by atoms with Gasteiger partial charge in [-0.2, -0.15) is 0 Å². The fourth-order valence-electron chi connectivity index (χ4n) is 2.37. The Morgan fingerprint density at radius 2 is 1.76 bits per heavy atom. The van der Waals surface area contributed by atoms with E-state index in [4.69, 9.17) is 21.1 Å². The molecule has 3 heteroatoms. The first-order valence-electron chi connectivity index (χ1n) is 5.91. The van der Waals surface area contributed by atoms with Crippen molar-refractivity contribution in [2.24, 2.45) is 0 Å². The van der Waals surface area contributed by atoms with Gasteiger partial charge in [-0.15, -0.1) is 0 Å². The highest BCUT2D eigenvalue weighted by molar-refractivity contribution is 6.30. The SMILES string of the molecule is CC1(C)CC(Oc2ccc(Cl)cc2)C(C)(C)O1. The highest BCUT2D eigenvalue weighted by Crippen LogP contribution is 2.39. The third kappa shape index (κ3) is 2.93. The summed E-state index contributed by atoms with van der Waals surface area (Å²) in [5.74, 6) is 0.841.